The largest absolute Gasteiger partial charge is 0.464 e. The number of carbonyl (C=O) groups is 1. The maximum Gasteiger partial charge on any atom is 0.360 e. The normalized spacial score (nSPS) is 9.50. The molecular weight excluding hydrogens is 184 g/mol. The molecule has 1 heterocycles. The Hall–Kier alpha value is -1.83. The van der Waals surface area contributed by atoms with Crippen LogP contribution in [0.5, 0.6) is 0 Å². The van der Waals surface area contributed by atoms with Crippen LogP contribution in [0.2, 0.25) is 0 Å². The van der Waals surface area contributed by atoms with E-state index in [1.807, 2.05) is 6.07 Å². The molecule has 0 saturated carbocycles. The van der Waals surface area contributed by atoms with E-state index in [2.05, 4.69) is 9.72 Å². The summed E-state index contributed by atoms with van der Waals surface area (Å²) in [6, 6.07) is 1.97. The molecule has 0 aromatic carbocycles. The number of oxazole rings is 1. The topological polar surface area (TPSA) is 76.1 Å². The Labute approximate surface area is 81.3 Å². The molecule has 5 nitrogen and oxygen atoms in total. The van der Waals surface area contributed by atoms with Gasteiger partial charge in [-0.25, -0.2) is 9.78 Å². The van der Waals surface area contributed by atoms with E-state index in [-0.39, 0.29) is 5.69 Å². The number of aryl methyl sites for hydroxylation is 2. The van der Waals surface area contributed by atoms with Gasteiger partial charge < -0.3 is 9.15 Å². The van der Waals surface area contributed by atoms with Gasteiger partial charge >= 0.3 is 5.97 Å². The molecule has 0 aliphatic carbocycles. The van der Waals surface area contributed by atoms with Crippen molar-refractivity contribution in [3.63, 3.8) is 0 Å². The lowest BCUT2D eigenvalue weighted by Crippen LogP contribution is -2.03. The zero-order valence-electron chi connectivity index (χ0n) is 8.03. The number of ether oxygens (including phenoxy) is 1. The van der Waals surface area contributed by atoms with Gasteiger partial charge in [0.15, 0.2) is 11.6 Å². The maximum absolute atomic E-state index is 11.1. The molecular formula is C9H10N2O3. The van der Waals surface area contributed by atoms with Gasteiger partial charge in [0.1, 0.15) is 5.76 Å². The Balaban J connectivity index is 2.83. The Morgan fingerprint density at radius 2 is 2.43 bits per heavy atom. The molecule has 0 aliphatic rings. The number of esters is 1. The lowest BCUT2D eigenvalue weighted by Gasteiger charge is -1.91. The van der Waals surface area contributed by atoms with Crippen LogP contribution in [0, 0.1) is 18.3 Å². The maximum atomic E-state index is 11.1. The molecule has 1 aromatic rings. The van der Waals surface area contributed by atoms with Gasteiger partial charge in [-0.1, -0.05) is 0 Å². The highest BCUT2D eigenvalue weighted by atomic mass is 16.5. The van der Waals surface area contributed by atoms with Crippen molar-refractivity contribution < 1.29 is 13.9 Å². The van der Waals surface area contributed by atoms with Crippen LogP contribution in [-0.4, -0.2) is 18.1 Å². The third kappa shape index (κ3) is 2.10. The quantitative estimate of drug-likeness (QED) is 0.676. The van der Waals surface area contributed by atoms with Crippen molar-refractivity contribution in [2.75, 3.05) is 7.11 Å². The number of aromatic nitrogens is 1. The zero-order valence-corrected chi connectivity index (χ0v) is 8.03. The van der Waals surface area contributed by atoms with Crippen molar-refractivity contribution in [3.05, 3.63) is 17.3 Å². The summed E-state index contributed by atoms with van der Waals surface area (Å²) in [5.41, 5.74) is 0.181. The lowest BCUT2D eigenvalue weighted by molar-refractivity contribution is 0.0593. The number of carbonyl (C=O) groups excluding carboxylic acids is 1. The van der Waals surface area contributed by atoms with E-state index >= 15 is 0 Å². The van der Waals surface area contributed by atoms with Gasteiger partial charge in [0, 0.05) is 12.8 Å². The Kier molecular flexibility index (Phi) is 3.24. The van der Waals surface area contributed by atoms with E-state index < -0.39 is 5.97 Å². The first-order valence-electron chi connectivity index (χ1n) is 4.10. The number of rotatable bonds is 3. The second kappa shape index (κ2) is 4.42. The van der Waals surface area contributed by atoms with Gasteiger partial charge in [-0.15, -0.1) is 0 Å². The van der Waals surface area contributed by atoms with Gasteiger partial charge in [-0.2, -0.15) is 5.26 Å². The van der Waals surface area contributed by atoms with Crippen molar-refractivity contribution in [1.82, 2.24) is 4.98 Å². The zero-order chi connectivity index (χ0) is 10.6. The van der Waals surface area contributed by atoms with Crippen LogP contribution in [0.4, 0.5) is 0 Å². The highest BCUT2D eigenvalue weighted by molar-refractivity contribution is 5.88. The van der Waals surface area contributed by atoms with Gasteiger partial charge in [0.05, 0.1) is 13.2 Å². The average molecular weight is 194 g/mol. The third-order valence-corrected chi connectivity index (χ3v) is 1.67. The number of hydrogen-bond acceptors (Lipinski definition) is 5. The molecule has 0 aliphatic heterocycles. The summed E-state index contributed by atoms with van der Waals surface area (Å²) in [6.07, 6.45) is 0.731. The minimum Gasteiger partial charge on any atom is -0.464 e. The van der Waals surface area contributed by atoms with Gasteiger partial charge in [0.25, 0.3) is 0 Å². The van der Waals surface area contributed by atoms with Crippen LogP contribution < -0.4 is 0 Å². The molecule has 74 valence electrons. The van der Waals surface area contributed by atoms with Gasteiger partial charge in [-0.3, -0.25) is 0 Å². The summed E-state index contributed by atoms with van der Waals surface area (Å²) in [7, 11) is 1.28. The number of nitriles is 1. The predicted molar refractivity (Wildman–Crippen MR) is 46.5 cm³/mol. The fourth-order valence-electron chi connectivity index (χ4n) is 1.01. The van der Waals surface area contributed by atoms with Crippen LogP contribution in [-0.2, 0) is 11.2 Å². The van der Waals surface area contributed by atoms with Gasteiger partial charge in [-0.05, 0) is 6.92 Å². The lowest BCUT2D eigenvalue weighted by atomic mass is 10.3. The second-order valence-corrected chi connectivity index (χ2v) is 2.66. The molecule has 1 rings (SSSR count). The molecule has 0 fully saturated rings. The summed E-state index contributed by atoms with van der Waals surface area (Å²) in [5.74, 6) is 0.295. The Bertz CT molecular complexity index is 376. The SMILES string of the molecule is COC(=O)c1nc(CCC#N)oc1C. The molecule has 0 amide bonds. The number of methoxy groups -OCH3 is 1. The van der Waals surface area contributed by atoms with E-state index in [0.29, 0.717) is 24.5 Å². The van der Waals surface area contributed by atoms with Crippen LogP contribution in [0.25, 0.3) is 0 Å². The van der Waals surface area contributed by atoms with Crippen LogP contribution in [0.3, 0.4) is 0 Å². The molecule has 0 unspecified atom stereocenters. The van der Waals surface area contributed by atoms with Gasteiger partial charge in [0.2, 0.25) is 0 Å². The molecule has 0 radical (unpaired) electrons. The first kappa shape index (κ1) is 10.3. The third-order valence-electron chi connectivity index (χ3n) is 1.67. The van der Waals surface area contributed by atoms with Crippen molar-refractivity contribution >= 4 is 5.97 Å². The number of hydrogen-bond donors (Lipinski definition) is 0. The summed E-state index contributed by atoms with van der Waals surface area (Å²) in [4.78, 5) is 15.0. The van der Waals surface area contributed by atoms with E-state index in [4.69, 9.17) is 9.68 Å². The highest BCUT2D eigenvalue weighted by Crippen LogP contribution is 2.12. The molecule has 0 N–H and O–H groups in total. The second-order valence-electron chi connectivity index (χ2n) is 2.66. The fourth-order valence-corrected chi connectivity index (χ4v) is 1.01. The summed E-state index contributed by atoms with van der Waals surface area (Å²) < 4.78 is 9.69. The minimum atomic E-state index is -0.519. The van der Waals surface area contributed by atoms with Crippen LogP contribution in [0.15, 0.2) is 4.42 Å². The molecule has 0 atom stereocenters. The summed E-state index contributed by atoms with van der Waals surface area (Å²) in [6.45, 7) is 1.63. The van der Waals surface area contributed by atoms with Crippen LogP contribution in [0.1, 0.15) is 28.6 Å². The summed E-state index contributed by atoms with van der Waals surface area (Å²) in [5, 5.41) is 8.35. The smallest absolute Gasteiger partial charge is 0.360 e. The molecule has 0 spiro atoms. The number of nitrogens with zero attached hydrogens (tertiary/aromatic N) is 2. The first-order chi connectivity index (χ1) is 6.69. The molecule has 1 aromatic heterocycles. The van der Waals surface area contributed by atoms with Crippen molar-refractivity contribution in [1.29, 1.82) is 5.26 Å². The van der Waals surface area contributed by atoms with Crippen molar-refractivity contribution in [2.24, 2.45) is 0 Å². The monoisotopic (exact) mass is 194 g/mol. The van der Waals surface area contributed by atoms with E-state index in [9.17, 15) is 4.79 Å². The van der Waals surface area contributed by atoms with E-state index in [1.165, 1.54) is 7.11 Å². The highest BCUT2D eigenvalue weighted by Gasteiger charge is 2.16. The Morgan fingerprint density at radius 3 is 3.00 bits per heavy atom. The van der Waals surface area contributed by atoms with E-state index in [0.717, 1.165) is 0 Å². The Morgan fingerprint density at radius 1 is 1.71 bits per heavy atom. The molecule has 14 heavy (non-hydrogen) atoms. The first-order valence-corrected chi connectivity index (χ1v) is 4.10. The molecule has 0 bridgehead atoms. The molecule has 0 saturated heterocycles. The minimum absolute atomic E-state index is 0.181. The van der Waals surface area contributed by atoms with Crippen LogP contribution >= 0.6 is 0 Å². The standard InChI is InChI=1S/C9H10N2O3/c1-6-8(9(12)13-2)11-7(14-6)4-3-5-10/h3-4H2,1-2H3. The molecule has 5 heteroatoms. The fraction of sp³-hybridized carbons (Fsp3) is 0.444. The van der Waals surface area contributed by atoms with Crippen molar-refractivity contribution in [3.8, 4) is 6.07 Å². The van der Waals surface area contributed by atoms with E-state index in [1.54, 1.807) is 6.92 Å². The van der Waals surface area contributed by atoms with Crippen molar-refractivity contribution in [2.45, 2.75) is 19.8 Å². The average Bonchev–Trinajstić information content (AvgIpc) is 2.55. The predicted octanol–water partition coefficient (Wildman–Crippen LogP) is 1.23. The summed E-state index contributed by atoms with van der Waals surface area (Å²) >= 11 is 0.